The standard InChI is InChI=1S/C21H19ClN2O4/c1-27-17-8-7-15(13-16(17)22)24-20(25)18(14-5-3-2-4-6-14)19(21(24)26)23-9-11-28-12-10-23/h2-8,13H,9-12H2,1H3. The van der Waals surface area contributed by atoms with E-state index in [1.54, 1.807) is 18.2 Å². The van der Waals surface area contributed by atoms with Crippen LogP contribution in [0.2, 0.25) is 5.02 Å². The Bertz CT molecular complexity index is 952. The molecule has 0 radical (unpaired) electrons. The van der Waals surface area contributed by atoms with Gasteiger partial charge in [0.25, 0.3) is 11.8 Å². The van der Waals surface area contributed by atoms with Crippen LogP contribution in [0.4, 0.5) is 5.69 Å². The zero-order valence-electron chi connectivity index (χ0n) is 15.4. The van der Waals surface area contributed by atoms with Crippen LogP contribution in [0.15, 0.2) is 54.2 Å². The summed E-state index contributed by atoms with van der Waals surface area (Å²) in [7, 11) is 1.51. The van der Waals surface area contributed by atoms with Gasteiger partial charge < -0.3 is 14.4 Å². The Balaban J connectivity index is 1.80. The first-order chi connectivity index (χ1) is 13.6. The van der Waals surface area contributed by atoms with Gasteiger partial charge in [0.15, 0.2) is 0 Å². The van der Waals surface area contributed by atoms with Crippen LogP contribution in [-0.4, -0.2) is 50.1 Å². The Morgan fingerprint density at radius 1 is 1.00 bits per heavy atom. The van der Waals surface area contributed by atoms with Crippen LogP contribution >= 0.6 is 11.6 Å². The largest absolute Gasteiger partial charge is 0.495 e. The summed E-state index contributed by atoms with van der Waals surface area (Å²) in [6.07, 6.45) is 0. The molecule has 1 saturated heterocycles. The number of nitrogens with zero attached hydrogens (tertiary/aromatic N) is 2. The van der Waals surface area contributed by atoms with Crippen molar-refractivity contribution >= 4 is 34.7 Å². The number of amides is 2. The molecular weight excluding hydrogens is 380 g/mol. The van der Waals surface area contributed by atoms with Gasteiger partial charge in [-0.2, -0.15) is 0 Å². The zero-order valence-corrected chi connectivity index (χ0v) is 16.1. The van der Waals surface area contributed by atoms with Crippen LogP contribution in [-0.2, 0) is 14.3 Å². The topological polar surface area (TPSA) is 59.1 Å². The summed E-state index contributed by atoms with van der Waals surface area (Å²) in [5, 5.41) is 0.335. The van der Waals surface area contributed by atoms with E-state index in [4.69, 9.17) is 21.1 Å². The van der Waals surface area contributed by atoms with Crippen molar-refractivity contribution in [3.05, 3.63) is 64.8 Å². The first-order valence-electron chi connectivity index (χ1n) is 8.96. The van der Waals surface area contributed by atoms with Crippen LogP contribution in [0.5, 0.6) is 5.75 Å². The Morgan fingerprint density at radius 2 is 1.71 bits per heavy atom. The Morgan fingerprint density at radius 3 is 2.36 bits per heavy atom. The summed E-state index contributed by atoms with van der Waals surface area (Å²) in [5.74, 6) is -0.236. The predicted molar refractivity (Wildman–Crippen MR) is 106 cm³/mol. The monoisotopic (exact) mass is 398 g/mol. The van der Waals surface area contributed by atoms with E-state index in [0.29, 0.717) is 59.6 Å². The number of ether oxygens (including phenoxy) is 2. The third kappa shape index (κ3) is 3.15. The van der Waals surface area contributed by atoms with Gasteiger partial charge in [-0.05, 0) is 23.8 Å². The van der Waals surface area contributed by atoms with Crippen molar-refractivity contribution in [1.82, 2.24) is 4.90 Å². The summed E-state index contributed by atoms with van der Waals surface area (Å²) in [5.41, 5.74) is 1.94. The number of rotatable bonds is 4. The fourth-order valence-corrected chi connectivity index (χ4v) is 3.74. The molecule has 1 fully saturated rings. The van der Waals surface area contributed by atoms with Crippen molar-refractivity contribution in [2.45, 2.75) is 0 Å². The number of imide groups is 1. The van der Waals surface area contributed by atoms with E-state index < -0.39 is 0 Å². The molecule has 7 heteroatoms. The maximum atomic E-state index is 13.4. The SMILES string of the molecule is COc1ccc(N2C(=O)C(c3ccccc3)=C(N3CCOCC3)C2=O)cc1Cl. The third-order valence-corrected chi connectivity index (χ3v) is 5.14. The minimum atomic E-state index is -0.362. The second-order valence-corrected chi connectivity index (χ2v) is 6.86. The van der Waals surface area contributed by atoms with Crippen molar-refractivity contribution in [2.75, 3.05) is 38.3 Å². The van der Waals surface area contributed by atoms with Crippen LogP contribution in [0, 0.1) is 0 Å². The molecule has 0 spiro atoms. The van der Waals surface area contributed by atoms with Gasteiger partial charge in [-0.25, -0.2) is 4.90 Å². The molecular formula is C21H19ClN2O4. The van der Waals surface area contributed by atoms with Gasteiger partial charge in [0.05, 0.1) is 36.6 Å². The van der Waals surface area contributed by atoms with Gasteiger partial charge in [-0.3, -0.25) is 9.59 Å². The number of methoxy groups -OCH3 is 1. The number of morpholine rings is 1. The molecule has 2 heterocycles. The summed E-state index contributed by atoms with van der Waals surface area (Å²) < 4.78 is 10.6. The van der Waals surface area contributed by atoms with E-state index in [9.17, 15) is 9.59 Å². The van der Waals surface area contributed by atoms with Gasteiger partial charge >= 0.3 is 0 Å². The van der Waals surface area contributed by atoms with Crippen molar-refractivity contribution in [2.24, 2.45) is 0 Å². The summed E-state index contributed by atoms with van der Waals surface area (Å²) >= 11 is 6.23. The molecule has 144 valence electrons. The van der Waals surface area contributed by atoms with Gasteiger partial charge in [0, 0.05) is 13.1 Å². The predicted octanol–water partition coefficient (Wildman–Crippen LogP) is 2.97. The molecule has 2 aliphatic rings. The highest BCUT2D eigenvalue weighted by molar-refractivity contribution is 6.45. The highest BCUT2D eigenvalue weighted by Gasteiger charge is 2.42. The number of benzene rings is 2. The van der Waals surface area contributed by atoms with Crippen LogP contribution in [0.3, 0.4) is 0 Å². The van der Waals surface area contributed by atoms with Gasteiger partial charge in [-0.15, -0.1) is 0 Å². The summed E-state index contributed by atoms with van der Waals surface area (Å²) in [4.78, 5) is 29.8. The number of hydrogen-bond donors (Lipinski definition) is 0. The normalized spacial score (nSPS) is 17.5. The molecule has 0 aliphatic carbocycles. The lowest BCUT2D eigenvalue weighted by Gasteiger charge is -2.29. The lowest BCUT2D eigenvalue weighted by molar-refractivity contribution is -0.121. The van der Waals surface area contributed by atoms with Gasteiger partial charge in [0.2, 0.25) is 0 Å². The lowest BCUT2D eigenvalue weighted by Crippen LogP contribution is -2.40. The zero-order chi connectivity index (χ0) is 19.7. The second-order valence-electron chi connectivity index (χ2n) is 6.45. The van der Waals surface area contributed by atoms with Crippen molar-refractivity contribution in [3.63, 3.8) is 0 Å². The Kier molecular flexibility index (Phi) is 5.07. The molecule has 0 N–H and O–H groups in total. The molecule has 6 nitrogen and oxygen atoms in total. The molecule has 0 bridgehead atoms. The molecule has 0 aromatic heterocycles. The Labute approximate surface area is 167 Å². The second kappa shape index (κ2) is 7.66. The average Bonchev–Trinajstić information content (AvgIpc) is 2.99. The molecule has 28 heavy (non-hydrogen) atoms. The first-order valence-corrected chi connectivity index (χ1v) is 9.34. The van der Waals surface area contributed by atoms with E-state index in [0.717, 1.165) is 0 Å². The van der Waals surface area contributed by atoms with Gasteiger partial charge in [0.1, 0.15) is 11.4 Å². The number of halogens is 1. The molecule has 2 aliphatic heterocycles. The van der Waals surface area contributed by atoms with E-state index in [1.165, 1.54) is 12.0 Å². The van der Waals surface area contributed by atoms with Crippen LogP contribution < -0.4 is 9.64 Å². The molecule has 0 saturated carbocycles. The van der Waals surface area contributed by atoms with Crippen LogP contribution in [0.1, 0.15) is 5.56 Å². The van der Waals surface area contributed by atoms with E-state index in [-0.39, 0.29) is 11.8 Å². The highest BCUT2D eigenvalue weighted by atomic mass is 35.5. The van der Waals surface area contributed by atoms with E-state index in [2.05, 4.69) is 0 Å². The fourth-order valence-electron chi connectivity index (χ4n) is 3.49. The van der Waals surface area contributed by atoms with Gasteiger partial charge in [-0.1, -0.05) is 41.9 Å². The number of carbonyl (C=O) groups is 2. The number of anilines is 1. The summed E-state index contributed by atoms with van der Waals surface area (Å²) in [6.45, 7) is 2.15. The van der Waals surface area contributed by atoms with Crippen molar-refractivity contribution in [1.29, 1.82) is 0 Å². The molecule has 2 aromatic carbocycles. The third-order valence-electron chi connectivity index (χ3n) is 4.84. The molecule has 4 rings (SSSR count). The fraction of sp³-hybridized carbons (Fsp3) is 0.238. The van der Waals surface area contributed by atoms with Crippen molar-refractivity contribution in [3.8, 4) is 5.75 Å². The minimum absolute atomic E-state index is 0.335. The maximum Gasteiger partial charge on any atom is 0.282 e. The number of hydrogen-bond acceptors (Lipinski definition) is 5. The highest BCUT2D eigenvalue weighted by Crippen LogP contribution is 2.37. The lowest BCUT2D eigenvalue weighted by atomic mass is 10.0. The smallest absolute Gasteiger partial charge is 0.282 e. The Hall–Kier alpha value is -2.83. The summed E-state index contributed by atoms with van der Waals surface area (Å²) in [6, 6.07) is 14.1. The van der Waals surface area contributed by atoms with Crippen molar-refractivity contribution < 1.29 is 19.1 Å². The van der Waals surface area contributed by atoms with E-state index in [1.807, 2.05) is 35.2 Å². The number of carbonyl (C=O) groups excluding carboxylic acids is 2. The molecule has 0 unspecified atom stereocenters. The first kappa shape index (κ1) is 18.5. The van der Waals surface area contributed by atoms with E-state index >= 15 is 0 Å². The van der Waals surface area contributed by atoms with Crippen LogP contribution in [0.25, 0.3) is 5.57 Å². The molecule has 2 aromatic rings. The minimum Gasteiger partial charge on any atom is -0.495 e. The quantitative estimate of drug-likeness (QED) is 0.741. The average molecular weight is 399 g/mol. The maximum absolute atomic E-state index is 13.4. The molecule has 2 amide bonds. The molecule has 0 atom stereocenters.